The van der Waals surface area contributed by atoms with Gasteiger partial charge in [0.25, 0.3) is 0 Å². The second-order valence-corrected chi connectivity index (χ2v) is 4.55. The fourth-order valence-corrected chi connectivity index (χ4v) is 1.94. The molecule has 1 heterocycles. The van der Waals surface area contributed by atoms with E-state index in [1.807, 2.05) is 12.1 Å². The number of rotatable bonds is 3. The van der Waals surface area contributed by atoms with Gasteiger partial charge in [-0.15, -0.1) is 0 Å². The molecule has 0 aliphatic carbocycles. The quantitative estimate of drug-likeness (QED) is 0.859. The molecule has 0 spiro atoms. The molecule has 96 valence electrons. The summed E-state index contributed by atoms with van der Waals surface area (Å²) < 4.78 is 0. The van der Waals surface area contributed by atoms with Gasteiger partial charge in [0.05, 0.1) is 0 Å². The highest BCUT2D eigenvalue weighted by atomic mass is 16.2. The van der Waals surface area contributed by atoms with Crippen LogP contribution >= 0.6 is 0 Å². The minimum absolute atomic E-state index is 0.0807. The number of urea groups is 1. The Morgan fingerprint density at radius 1 is 1.44 bits per heavy atom. The third-order valence-electron chi connectivity index (χ3n) is 3.17. The van der Waals surface area contributed by atoms with Crippen molar-refractivity contribution < 1.29 is 4.79 Å². The summed E-state index contributed by atoms with van der Waals surface area (Å²) >= 11 is 0. The van der Waals surface area contributed by atoms with Gasteiger partial charge in [0.2, 0.25) is 0 Å². The van der Waals surface area contributed by atoms with Crippen molar-refractivity contribution in [1.29, 1.82) is 0 Å². The Morgan fingerprint density at radius 3 is 2.89 bits per heavy atom. The Labute approximate surface area is 108 Å². The van der Waals surface area contributed by atoms with Gasteiger partial charge in [-0.25, -0.2) is 4.79 Å². The van der Waals surface area contributed by atoms with Crippen LogP contribution in [0, 0.1) is 6.92 Å². The molecule has 18 heavy (non-hydrogen) atoms. The van der Waals surface area contributed by atoms with Crippen LogP contribution in [0.15, 0.2) is 30.1 Å². The number of amides is 2. The number of nitrogens with one attached hydrogen (secondary N) is 2. The summed E-state index contributed by atoms with van der Waals surface area (Å²) in [6.45, 7) is 4.88. The van der Waals surface area contributed by atoms with Crippen LogP contribution in [-0.2, 0) is 6.42 Å². The van der Waals surface area contributed by atoms with Gasteiger partial charge in [-0.05, 0) is 42.7 Å². The molecule has 0 bridgehead atoms. The van der Waals surface area contributed by atoms with E-state index in [1.165, 1.54) is 11.1 Å². The lowest BCUT2D eigenvalue weighted by Crippen LogP contribution is -2.42. The third-order valence-corrected chi connectivity index (χ3v) is 3.17. The average molecular weight is 245 g/mol. The van der Waals surface area contributed by atoms with Gasteiger partial charge in [-0.3, -0.25) is 5.32 Å². The predicted molar refractivity (Wildman–Crippen MR) is 73.4 cm³/mol. The second kappa shape index (κ2) is 5.12. The Bertz CT molecular complexity index is 494. The summed E-state index contributed by atoms with van der Waals surface area (Å²) in [5, 5.41) is 6.04. The summed E-state index contributed by atoms with van der Waals surface area (Å²) in [5.74, 6) is 0.754. The van der Waals surface area contributed by atoms with E-state index in [2.05, 4.69) is 36.6 Å². The van der Waals surface area contributed by atoms with Gasteiger partial charge in [-0.1, -0.05) is 13.0 Å². The van der Waals surface area contributed by atoms with Crippen LogP contribution in [0.4, 0.5) is 10.5 Å². The number of anilines is 1. The van der Waals surface area contributed by atoms with E-state index in [9.17, 15) is 4.79 Å². The van der Waals surface area contributed by atoms with Crippen LogP contribution in [0.2, 0.25) is 0 Å². The summed E-state index contributed by atoms with van der Waals surface area (Å²) in [5.41, 5.74) is 3.62. The lowest BCUT2D eigenvalue weighted by molar-refractivity contribution is 0.213. The number of likely N-dealkylation sites (N-methyl/N-ethyl adjacent to an activating group) is 1. The van der Waals surface area contributed by atoms with E-state index in [-0.39, 0.29) is 6.03 Å². The molecule has 1 aliphatic heterocycles. The number of hydrogen-bond acceptors (Lipinski definition) is 2. The van der Waals surface area contributed by atoms with Gasteiger partial charge < -0.3 is 10.2 Å². The van der Waals surface area contributed by atoms with Gasteiger partial charge in [0, 0.05) is 19.3 Å². The van der Waals surface area contributed by atoms with Crippen LogP contribution in [0.25, 0.3) is 0 Å². The molecule has 2 N–H and O–H groups in total. The zero-order valence-electron chi connectivity index (χ0n) is 11.1. The fourth-order valence-electron chi connectivity index (χ4n) is 1.94. The van der Waals surface area contributed by atoms with Crippen molar-refractivity contribution in [3.05, 3.63) is 41.2 Å². The molecule has 0 aromatic heterocycles. The zero-order chi connectivity index (χ0) is 13.1. The van der Waals surface area contributed by atoms with E-state index in [0.29, 0.717) is 6.54 Å². The molecule has 2 rings (SSSR count). The van der Waals surface area contributed by atoms with E-state index in [4.69, 9.17) is 0 Å². The molecule has 0 saturated carbocycles. The Balaban J connectivity index is 2.12. The third kappa shape index (κ3) is 2.64. The summed E-state index contributed by atoms with van der Waals surface area (Å²) in [6, 6.07) is 6.17. The SMILES string of the molecule is CCc1cc(NC2=CCN(C)C(=O)N2)ccc1C. The van der Waals surface area contributed by atoms with Crippen LogP contribution in [0.1, 0.15) is 18.1 Å². The van der Waals surface area contributed by atoms with Crippen molar-refractivity contribution in [2.45, 2.75) is 20.3 Å². The Hall–Kier alpha value is -1.97. The summed E-state index contributed by atoms with van der Waals surface area (Å²) in [6.07, 6.45) is 2.97. The summed E-state index contributed by atoms with van der Waals surface area (Å²) in [7, 11) is 1.77. The van der Waals surface area contributed by atoms with Crippen LogP contribution in [0.5, 0.6) is 0 Å². The van der Waals surface area contributed by atoms with Crippen molar-refractivity contribution in [2.24, 2.45) is 0 Å². The monoisotopic (exact) mass is 245 g/mol. The average Bonchev–Trinajstić information content (AvgIpc) is 2.36. The molecule has 1 aromatic carbocycles. The number of carbonyl (C=O) groups excluding carboxylic acids is 1. The van der Waals surface area contributed by atoms with Crippen LogP contribution in [-0.4, -0.2) is 24.5 Å². The Morgan fingerprint density at radius 2 is 2.22 bits per heavy atom. The number of carbonyl (C=O) groups is 1. The minimum atomic E-state index is -0.0807. The van der Waals surface area contributed by atoms with Crippen molar-refractivity contribution in [3.8, 4) is 0 Å². The van der Waals surface area contributed by atoms with E-state index < -0.39 is 0 Å². The zero-order valence-corrected chi connectivity index (χ0v) is 11.1. The van der Waals surface area contributed by atoms with E-state index in [1.54, 1.807) is 11.9 Å². The normalized spacial score (nSPS) is 15.2. The van der Waals surface area contributed by atoms with Gasteiger partial charge in [0.1, 0.15) is 5.82 Å². The van der Waals surface area contributed by atoms with Crippen LogP contribution < -0.4 is 10.6 Å². The van der Waals surface area contributed by atoms with Crippen molar-refractivity contribution in [3.63, 3.8) is 0 Å². The number of benzene rings is 1. The fraction of sp³-hybridized carbons (Fsp3) is 0.357. The van der Waals surface area contributed by atoms with Crippen molar-refractivity contribution in [1.82, 2.24) is 10.2 Å². The first kappa shape index (κ1) is 12.5. The molecule has 2 amide bonds. The largest absolute Gasteiger partial charge is 0.342 e. The molecule has 0 radical (unpaired) electrons. The van der Waals surface area contributed by atoms with Gasteiger partial charge in [0.15, 0.2) is 0 Å². The highest BCUT2D eigenvalue weighted by molar-refractivity contribution is 5.78. The van der Waals surface area contributed by atoms with Crippen molar-refractivity contribution in [2.75, 3.05) is 18.9 Å². The van der Waals surface area contributed by atoms with Gasteiger partial charge in [-0.2, -0.15) is 0 Å². The Kier molecular flexibility index (Phi) is 3.55. The first-order valence-electron chi connectivity index (χ1n) is 6.19. The minimum Gasteiger partial charge on any atom is -0.342 e. The second-order valence-electron chi connectivity index (χ2n) is 4.55. The van der Waals surface area contributed by atoms with E-state index >= 15 is 0 Å². The molecule has 0 atom stereocenters. The molecule has 4 nitrogen and oxygen atoms in total. The first-order valence-corrected chi connectivity index (χ1v) is 6.19. The molecule has 0 unspecified atom stereocenters. The lowest BCUT2D eigenvalue weighted by Gasteiger charge is -2.24. The maximum atomic E-state index is 11.5. The standard InChI is InChI=1S/C14H19N3O/c1-4-11-9-12(6-5-10(11)2)15-13-7-8-17(3)14(18)16-13/h5-7,9,15H,4,8H2,1-3H3,(H,16,18). The molecule has 0 fully saturated rings. The molecule has 0 saturated heterocycles. The topological polar surface area (TPSA) is 44.4 Å². The van der Waals surface area contributed by atoms with Crippen LogP contribution in [0.3, 0.4) is 0 Å². The molecule has 1 aromatic rings. The lowest BCUT2D eigenvalue weighted by atomic mass is 10.1. The molecule has 1 aliphatic rings. The molecule has 4 heteroatoms. The first-order chi connectivity index (χ1) is 8.60. The maximum absolute atomic E-state index is 11.5. The summed E-state index contributed by atoms with van der Waals surface area (Å²) in [4.78, 5) is 13.1. The molecular weight excluding hydrogens is 226 g/mol. The highest BCUT2D eigenvalue weighted by Crippen LogP contribution is 2.17. The number of aryl methyl sites for hydroxylation is 2. The maximum Gasteiger partial charge on any atom is 0.322 e. The highest BCUT2D eigenvalue weighted by Gasteiger charge is 2.14. The van der Waals surface area contributed by atoms with Gasteiger partial charge >= 0.3 is 6.03 Å². The number of hydrogen-bond donors (Lipinski definition) is 2. The predicted octanol–water partition coefficient (Wildman–Crippen LogP) is 2.47. The van der Waals surface area contributed by atoms with E-state index in [0.717, 1.165) is 17.9 Å². The van der Waals surface area contributed by atoms with Crippen molar-refractivity contribution >= 4 is 11.7 Å². The smallest absolute Gasteiger partial charge is 0.322 e. The number of nitrogens with zero attached hydrogens (tertiary/aromatic N) is 1. The molecular formula is C14H19N3O.